The van der Waals surface area contributed by atoms with Gasteiger partial charge in [-0.3, -0.25) is 14.6 Å². The number of rotatable bonds is 7. The molecule has 3 aromatic rings. The third-order valence-electron chi connectivity index (χ3n) is 4.25. The summed E-state index contributed by atoms with van der Waals surface area (Å²) in [6.45, 7) is 0.266. The fourth-order valence-electron chi connectivity index (χ4n) is 2.77. The van der Waals surface area contributed by atoms with E-state index in [9.17, 15) is 9.59 Å². The van der Waals surface area contributed by atoms with E-state index in [-0.39, 0.29) is 23.0 Å². The van der Waals surface area contributed by atoms with Crippen LogP contribution < -0.4 is 10.6 Å². The van der Waals surface area contributed by atoms with E-state index in [1.807, 2.05) is 42.5 Å². The fourth-order valence-corrected chi connectivity index (χ4v) is 3.27. The molecule has 2 amide bonds. The Morgan fingerprint density at radius 2 is 1.72 bits per heavy atom. The standard InChI is InChI=1S/C22H19Cl2N3O2/c23-16-9-10-18(19(24)13-16)21(28)27-20(12-15-6-2-1-3-7-15)22(29)26-14-17-8-4-5-11-25-17/h1-11,13,20H,12,14H2,(H,26,29)(H,27,28)/t20-/m0/s1. The molecule has 0 aliphatic rings. The zero-order chi connectivity index (χ0) is 20.6. The van der Waals surface area contributed by atoms with Crippen LogP contribution in [-0.4, -0.2) is 22.8 Å². The average Bonchev–Trinajstić information content (AvgIpc) is 2.73. The van der Waals surface area contributed by atoms with Crippen molar-refractivity contribution < 1.29 is 9.59 Å². The Bertz CT molecular complexity index is 982. The number of aromatic nitrogens is 1. The largest absolute Gasteiger partial charge is 0.349 e. The van der Waals surface area contributed by atoms with Gasteiger partial charge in [0, 0.05) is 17.6 Å². The summed E-state index contributed by atoms with van der Waals surface area (Å²) in [5, 5.41) is 6.26. The fraction of sp³-hybridized carbons (Fsp3) is 0.136. The molecule has 2 aromatic carbocycles. The molecule has 29 heavy (non-hydrogen) atoms. The van der Waals surface area contributed by atoms with Crippen molar-refractivity contribution in [3.05, 3.63) is 99.8 Å². The van der Waals surface area contributed by atoms with Gasteiger partial charge in [-0.25, -0.2) is 0 Å². The third-order valence-corrected chi connectivity index (χ3v) is 4.80. The minimum absolute atomic E-state index is 0.224. The van der Waals surface area contributed by atoms with E-state index in [1.165, 1.54) is 12.1 Å². The second-order valence-corrected chi connectivity index (χ2v) is 7.22. The molecule has 7 heteroatoms. The molecule has 0 bridgehead atoms. The van der Waals surface area contributed by atoms with Gasteiger partial charge in [-0.15, -0.1) is 0 Å². The molecule has 1 heterocycles. The first-order valence-electron chi connectivity index (χ1n) is 9.00. The van der Waals surface area contributed by atoms with Crippen LogP contribution in [-0.2, 0) is 17.8 Å². The maximum absolute atomic E-state index is 12.8. The number of pyridine rings is 1. The maximum Gasteiger partial charge on any atom is 0.253 e. The minimum atomic E-state index is -0.777. The van der Waals surface area contributed by atoms with Gasteiger partial charge in [0.15, 0.2) is 0 Å². The molecule has 0 saturated heterocycles. The van der Waals surface area contributed by atoms with E-state index in [2.05, 4.69) is 15.6 Å². The van der Waals surface area contributed by atoms with Crippen LogP contribution in [0.15, 0.2) is 72.9 Å². The Morgan fingerprint density at radius 1 is 0.966 bits per heavy atom. The van der Waals surface area contributed by atoms with E-state index in [1.54, 1.807) is 18.3 Å². The van der Waals surface area contributed by atoms with Crippen LogP contribution in [0.25, 0.3) is 0 Å². The summed E-state index contributed by atoms with van der Waals surface area (Å²) in [6, 6.07) is 18.8. The summed E-state index contributed by atoms with van der Waals surface area (Å²) in [5.74, 6) is -0.751. The van der Waals surface area contributed by atoms with Crippen LogP contribution in [0.5, 0.6) is 0 Å². The van der Waals surface area contributed by atoms with Crippen LogP contribution in [0.1, 0.15) is 21.6 Å². The number of hydrogen-bond acceptors (Lipinski definition) is 3. The molecule has 5 nitrogen and oxygen atoms in total. The summed E-state index contributed by atoms with van der Waals surface area (Å²) >= 11 is 12.0. The Kier molecular flexibility index (Phi) is 7.22. The van der Waals surface area contributed by atoms with Gasteiger partial charge in [-0.2, -0.15) is 0 Å². The highest BCUT2D eigenvalue weighted by atomic mass is 35.5. The second kappa shape index (κ2) is 10.0. The first kappa shape index (κ1) is 20.8. The molecule has 0 saturated carbocycles. The molecule has 0 fully saturated rings. The highest BCUT2D eigenvalue weighted by Crippen LogP contribution is 2.21. The van der Waals surface area contributed by atoms with Crippen molar-refractivity contribution in [2.45, 2.75) is 19.0 Å². The molecule has 0 aliphatic heterocycles. The molecule has 0 aliphatic carbocycles. The first-order valence-corrected chi connectivity index (χ1v) is 9.76. The SMILES string of the molecule is O=C(N[C@@H](Cc1ccccc1)C(=O)NCc1ccccn1)c1ccc(Cl)cc1Cl. The van der Waals surface area contributed by atoms with Crippen molar-refractivity contribution in [1.82, 2.24) is 15.6 Å². The lowest BCUT2D eigenvalue weighted by molar-refractivity contribution is -0.123. The normalized spacial score (nSPS) is 11.5. The van der Waals surface area contributed by atoms with Crippen LogP contribution in [0, 0.1) is 0 Å². The molecule has 1 atom stereocenters. The monoisotopic (exact) mass is 427 g/mol. The molecule has 1 aromatic heterocycles. The van der Waals surface area contributed by atoms with Crippen molar-refractivity contribution >= 4 is 35.0 Å². The lowest BCUT2D eigenvalue weighted by atomic mass is 10.0. The number of carbonyl (C=O) groups excluding carboxylic acids is 2. The van der Waals surface area contributed by atoms with Crippen molar-refractivity contribution in [3.8, 4) is 0 Å². The topological polar surface area (TPSA) is 71.1 Å². The molecule has 0 spiro atoms. The predicted molar refractivity (Wildman–Crippen MR) is 114 cm³/mol. The number of hydrogen-bond donors (Lipinski definition) is 2. The quantitative estimate of drug-likeness (QED) is 0.597. The van der Waals surface area contributed by atoms with Gasteiger partial charge >= 0.3 is 0 Å². The van der Waals surface area contributed by atoms with Crippen LogP contribution in [0.4, 0.5) is 0 Å². The van der Waals surface area contributed by atoms with Crippen molar-refractivity contribution in [1.29, 1.82) is 0 Å². The van der Waals surface area contributed by atoms with Crippen molar-refractivity contribution in [3.63, 3.8) is 0 Å². The Hall–Kier alpha value is -2.89. The van der Waals surface area contributed by atoms with Gasteiger partial charge in [0.25, 0.3) is 5.91 Å². The number of benzene rings is 2. The highest BCUT2D eigenvalue weighted by molar-refractivity contribution is 6.36. The van der Waals surface area contributed by atoms with Crippen molar-refractivity contribution in [2.24, 2.45) is 0 Å². The van der Waals surface area contributed by atoms with E-state index >= 15 is 0 Å². The van der Waals surface area contributed by atoms with E-state index in [0.717, 1.165) is 11.3 Å². The number of nitrogens with one attached hydrogen (secondary N) is 2. The lowest BCUT2D eigenvalue weighted by Gasteiger charge is -2.19. The summed E-state index contributed by atoms with van der Waals surface area (Å²) in [6.07, 6.45) is 2.00. The molecular weight excluding hydrogens is 409 g/mol. The lowest BCUT2D eigenvalue weighted by Crippen LogP contribution is -2.48. The predicted octanol–water partition coefficient (Wildman–Crippen LogP) is 4.05. The smallest absolute Gasteiger partial charge is 0.253 e. The highest BCUT2D eigenvalue weighted by Gasteiger charge is 2.23. The molecule has 0 radical (unpaired) electrons. The summed E-state index contributed by atoms with van der Waals surface area (Å²) < 4.78 is 0. The first-order chi connectivity index (χ1) is 14.0. The Labute approximate surface area is 179 Å². The van der Waals surface area contributed by atoms with Crippen LogP contribution >= 0.6 is 23.2 Å². The average molecular weight is 428 g/mol. The third kappa shape index (κ3) is 6.04. The summed E-state index contributed by atoms with van der Waals surface area (Å²) in [4.78, 5) is 29.7. The van der Waals surface area contributed by atoms with Crippen LogP contribution in [0.3, 0.4) is 0 Å². The molecule has 2 N–H and O–H groups in total. The molecule has 3 rings (SSSR count). The van der Waals surface area contributed by atoms with Crippen LogP contribution in [0.2, 0.25) is 10.0 Å². The van der Waals surface area contributed by atoms with Gasteiger partial charge in [0.2, 0.25) is 5.91 Å². The molecule has 148 valence electrons. The van der Waals surface area contributed by atoms with Gasteiger partial charge in [-0.05, 0) is 35.9 Å². The van der Waals surface area contributed by atoms with Gasteiger partial charge < -0.3 is 10.6 Å². The molecule has 0 unspecified atom stereocenters. The second-order valence-electron chi connectivity index (χ2n) is 6.38. The number of carbonyl (C=O) groups is 2. The van der Waals surface area contributed by atoms with E-state index in [0.29, 0.717) is 11.4 Å². The Morgan fingerprint density at radius 3 is 2.41 bits per heavy atom. The van der Waals surface area contributed by atoms with E-state index in [4.69, 9.17) is 23.2 Å². The zero-order valence-electron chi connectivity index (χ0n) is 15.4. The Balaban J connectivity index is 1.74. The zero-order valence-corrected chi connectivity index (χ0v) is 17.0. The number of nitrogens with zero attached hydrogens (tertiary/aromatic N) is 1. The maximum atomic E-state index is 12.8. The number of halogens is 2. The van der Waals surface area contributed by atoms with Gasteiger partial charge in [-0.1, -0.05) is 59.6 Å². The van der Waals surface area contributed by atoms with Gasteiger partial charge in [0.1, 0.15) is 6.04 Å². The summed E-state index contributed by atoms with van der Waals surface area (Å²) in [7, 11) is 0. The summed E-state index contributed by atoms with van der Waals surface area (Å²) in [5.41, 5.74) is 1.91. The number of amides is 2. The van der Waals surface area contributed by atoms with Crippen molar-refractivity contribution in [2.75, 3.05) is 0 Å². The van der Waals surface area contributed by atoms with E-state index < -0.39 is 11.9 Å². The molecular formula is C22H19Cl2N3O2. The minimum Gasteiger partial charge on any atom is -0.349 e. The van der Waals surface area contributed by atoms with Gasteiger partial charge in [0.05, 0.1) is 22.8 Å².